The third-order valence-corrected chi connectivity index (χ3v) is 4.08. The van der Waals surface area contributed by atoms with E-state index in [1.54, 1.807) is 26.0 Å². The Bertz CT molecular complexity index is 423. The predicted molar refractivity (Wildman–Crippen MR) is 76.4 cm³/mol. The standard InChI is InChI=1S/C12H14N2O4S2/c1-3-17-10(15)7-19-12(9(5-13)6-14)20-8-11(16)18-4-2/h3-4,7-8H2,1-2H3. The lowest BCUT2D eigenvalue weighted by atomic mass is 10.4. The molecule has 108 valence electrons. The number of rotatable bonds is 8. The van der Waals surface area contributed by atoms with Crippen LogP contribution < -0.4 is 0 Å². The highest BCUT2D eigenvalue weighted by Crippen LogP contribution is 2.31. The summed E-state index contributed by atoms with van der Waals surface area (Å²) in [7, 11) is 0. The van der Waals surface area contributed by atoms with Crippen molar-refractivity contribution < 1.29 is 19.1 Å². The second-order valence-electron chi connectivity index (χ2n) is 3.07. The maximum atomic E-state index is 11.3. The zero-order valence-corrected chi connectivity index (χ0v) is 12.8. The molecule has 0 saturated carbocycles. The van der Waals surface area contributed by atoms with Gasteiger partial charge in [-0.15, -0.1) is 23.5 Å². The summed E-state index contributed by atoms with van der Waals surface area (Å²) >= 11 is 2.00. The van der Waals surface area contributed by atoms with Crippen molar-refractivity contribution in [1.29, 1.82) is 10.5 Å². The third kappa shape index (κ3) is 7.72. The smallest absolute Gasteiger partial charge is 0.316 e. The van der Waals surface area contributed by atoms with Crippen molar-refractivity contribution in [2.24, 2.45) is 0 Å². The number of hydrogen-bond donors (Lipinski definition) is 0. The normalized spacial score (nSPS) is 9.00. The number of nitriles is 2. The van der Waals surface area contributed by atoms with E-state index in [1.165, 1.54) is 0 Å². The van der Waals surface area contributed by atoms with Crippen molar-refractivity contribution in [1.82, 2.24) is 0 Å². The molecule has 0 aromatic heterocycles. The van der Waals surface area contributed by atoms with E-state index in [2.05, 4.69) is 0 Å². The van der Waals surface area contributed by atoms with Gasteiger partial charge >= 0.3 is 11.9 Å². The van der Waals surface area contributed by atoms with Crippen LogP contribution in [-0.2, 0) is 19.1 Å². The van der Waals surface area contributed by atoms with Crippen molar-refractivity contribution >= 4 is 35.5 Å². The Hall–Kier alpha value is -1.64. The number of carbonyl (C=O) groups is 2. The third-order valence-electron chi connectivity index (χ3n) is 1.68. The molecule has 0 radical (unpaired) electrons. The zero-order valence-electron chi connectivity index (χ0n) is 11.2. The SMILES string of the molecule is CCOC(=O)CSC(SCC(=O)OCC)=C(C#N)C#N. The molecule has 0 fully saturated rings. The Morgan fingerprint density at radius 3 is 1.65 bits per heavy atom. The molecule has 0 aliphatic carbocycles. The fraction of sp³-hybridized carbons (Fsp3) is 0.500. The van der Waals surface area contributed by atoms with Crippen LogP contribution in [0, 0.1) is 22.7 Å². The molecule has 0 unspecified atom stereocenters. The number of nitrogens with zero attached hydrogens (tertiary/aromatic N) is 2. The van der Waals surface area contributed by atoms with E-state index in [4.69, 9.17) is 20.0 Å². The van der Waals surface area contributed by atoms with E-state index in [9.17, 15) is 9.59 Å². The molecular formula is C12H14N2O4S2. The summed E-state index contributed by atoms with van der Waals surface area (Å²) in [5.41, 5.74) is -0.131. The molecule has 0 spiro atoms. The van der Waals surface area contributed by atoms with Gasteiger partial charge in [-0.25, -0.2) is 0 Å². The fourth-order valence-electron chi connectivity index (χ4n) is 0.957. The number of esters is 2. The minimum atomic E-state index is -0.443. The summed E-state index contributed by atoms with van der Waals surface area (Å²) < 4.78 is 9.82. The molecule has 8 heteroatoms. The van der Waals surface area contributed by atoms with E-state index in [0.717, 1.165) is 23.5 Å². The van der Waals surface area contributed by atoms with Crippen molar-refractivity contribution in [3.63, 3.8) is 0 Å². The molecule has 0 heterocycles. The molecule has 0 atom stereocenters. The maximum absolute atomic E-state index is 11.3. The van der Waals surface area contributed by atoms with Gasteiger partial charge in [0.1, 0.15) is 17.7 Å². The molecule has 0 aromatic carbocycles. The van der Waals surface area contributed by atoms with Crippen LogP contribution in [0.1, 0.15) is 13.8 Å². The van der Waals surface area contributed by atoms with Gasteiger partial charge in [-0.1, -0.05) is 0 Å². The first kappa shape index (κ1) is 18.4. The average molecular weight is 314 g/mol. The number of ether oxygens (including phenoxy) is 2. The summed E-state index contributed by atoms with van der Waals surface area (Å²) in [6.07, 6.45) is 0. The van der Waals surface area contributed by atoms with Crippen LogP contribution in [0.15, 0.2) is 9.81 Å². The molecule has 0 aliphatic rings. The monoisotopic (exact) mass is 314 g/mol. The van der Waals surface area contributed by atoms with Gasteiger partial charge in [0.25, 0.3) is 0 Å². The first-order chi connectivity index (χ1) is 9.58. The molecule has 0 N–H and O–H groups in total. The van der Waals surface area contributed by atoms with Gasteiger partial charge in [-0.05, 0) is 13.8 Å². The first-order valence-electron chi connectivity index (χ1n) is 5.70. The summed E-state index contributed by atoms with van der Waals surface area (Å²) in [5, 5.41) is 17.7. The van der Waals surface area contributed by atoms with Crippen LogP contribution >= 0.6 is 23.5 Å². The summed E-state index contributed by atoms with van der Waals surface area (Å²) in [5.74, 6) is -0.929. The number of allylic oxidation sites excluding steroid dienone is 1. The van der Waals surface area contributed by atoms with Crippen LogP contribution in [0.5, 0.6) is 0 Å². The second kappa shape index (κ2) is 11.2. The molecule has 0 aromatic rings. The Morgan fingerprint density at radius 2 is 1.35 bits per heavy atom. The molecule has 0 rings (SSSR count). The van der Waals surface area contributed by atoms with E-state index in [-0.39, 0.29) is 30.3 Å². The highest BCUT2D eigenvalue weighted by molar-refractivity contribution is 8.22. The van der Waals surface area contributed by atoms with Crippen molar-refractivity contribution in [2.45, 2.75) is 13.8 Å². The summed E-state index contributed by atoms with van der Waals surface area (Å²) in [6, 6.07) is 3.47. The topological polar surface area (TPSA) is 100 Å². The van der Waals surface area contributed by atoms with Crippen molar-refractivity contribution in [3.8, 4) is 12.1 Å². The van der Waals surface area contributed by atoms with E-state index in [0.29, 0.717) is 4.24 Å². The van der Waals surface area contributed by atoms with Gasteiger partial charge < -0.3 is 9.47 Å². The largest absolute Gasteiger partial charge is 0.465 e. The number of carbonyl (C=O) groups excluding carboxylic acids is 2. The minimum Gasteiger partial charge on any atom is -0.465 e. The lowest BCUT2D eigenvalue weighted by Crippen LogP contribution is -2.08. The average Bonchev–Trinajstić information content (AvgIpc) is 2.42. The molecule has 0 aliphatic heterocycles. The van der Waals surface area contributed by atoms with E-state index < -0.39 is 11.9 Å². The van der Waals surface area contributed by atoms with Gasteiger partial charge in [0, 0.05) is 0 Å². The van der Waals surface area contributed by atoms with Crippen molar-refractivity contribution in [3.05, 3.63) is 9.81 Å². The Morgan fingerprint density at radius 1 is 0.950 bits per heavy atom. The van der Waals surface area contributed by atoms with Gasteiger partial charge in [0.15, 0.2) is 0 Å². The van der Waals surface area contributed by atoms with Gasteiger partial charge in [-0.2, -0.15) is 10.5 Å². The molecule has 20 heavy (non-hydrogen) atoms. The first-order valence-corrected chi connectivity index (χ1v) is 7.67. The lowest BCUT2D eigenvalue weighted by Gasteiger charge is -2.06. The molecule has 6 nitrogen and oxygen atoms in total. The minimum absolute atomic E-state index is 0.0220. The lowest BCUT2D eigenvalue weighted by molar-refractivity contribution is -0.140. The molecule has 0 saturated heterocycles. The number of hydrogen-bond acceptors (Lipinski definition) is 8. The molecular weight excluding hydrogens is 300 g/mol. The Labute approximate surface area is 126 Å². The van der Waals surface area contributed by atoms with Crippen LogP contribution in [0.3, 0.4) is 0 Å². The highest BCUT2D eigenvalue weighted by atomic mass is 32.2. The van der Waals surface area contributed by atoms with E-state index >= 15 is 0 Å². The van der Waals surface area contributed by atoms with Crippen molar-refractivity contribution in [2.75, 3.05) is 24.7 Å². The van der Waals surface area contributed by atoms with Gasteiger partial charge in [0.2, 0.25) is 0 Å². The van der Waals surface area contributed by atoms with Crippen LogP contribution in [-0.4, -0.2) is 36.7 Å². The quantitative estimate of drug-likeness (QED) is 0.494. The highest BCUT2D eigenvalue weighted by Gasteiger charge is 2.14. The van der Waals surface area contributed by atoms with Gasteiger partial charge in [0.05, 0.1) is 29.0 Å². The van der Waals surface area contributed by atoms with Gasteiger partial charge in [-0.3, -0.25) is 9.59 Å². The molecule has 0 bridgehead atoms. The second-order valence-corrected chi connectivity index (χ2v) is 5.30. The maximum Gasteiger partial charge on any atom is 0.316 e. The van der Waals surface area contributed by atoms with Crippen LogP contribution in [0.25, 0.3) is 0 Å². The Kier molecular flexibility index (Phi) is 10.3. The van der Waals surface area contributed by atoms with E-state index in [1.807, 2.05) is 0 Å². The van der Waals surface area contributed by atoms with Crippen LogP contribution in [0.4, 0.5) is 0 Å². The van der Waals surface area contributed by atoms with Crippen LogP contribution in [0.2, 0.25) is 0 Å². The summed E-state index contributed by atoms with van der Waals surface area (Å²) in [4.78, 5) is 22.5. The molecule has 0 amide bonds. The zero-order chi connectivity index (χ0) is 15.4. The fourth-order valence-corrected chi connectivity index (χ4v) is 2.78. The number of thioether (sulfide) groups is 2. The Balaban J connectivity index is 4.66. The summed E-state index contributed by atoms with van der Waals surface area (Å²) in [6.45, 7) is 3.89. The predicted octanol–water partition coefficient (Wildman–Crippen LogP) is 1.84.